The Kier molecular flexibility index (Phi) is 4.62. The van der Waals surface area contributed by atoms with E-state index in [0.29, 0.717) is 0 Å². The van der Waals surface area contributed by atoms with Gasteiger partial charge in [-0.1, -0.05) is 72.8 Å². The first kappa shape index (κ1) is 15.4. The number of hydrogen-bond donors (Lipinski definition) is 1. The van der Waals surface area contributed by atoms with E-state index in [0.717, 1.165) is 5.92 Å². The third-order valence-electron chi connectivity index (χ3n) is 5.50. The summed E-state index contributed by atoms with van der Waals surface area (Å²) in [5, 5.41) is 2.80. The van der Waals surface area contributed by atoms with Crippen molar-refractivity contribution in [3.8, 4) is 0 Å². The lowest BCUT2D eigenvalue weighted by Crippen LogP contribution is -3.11. The second kappa shape index (κ2) is 7.19. The first-order valence-corrected chi connectivity index (χ1v) is 9.22. The number of rotatable bonds is 4. The molecule has 0 aromatic heterocycles. The first-order chi connectivity index (χ1) is 11.9. The van der Waals surface area contributed by atoms with E-state index in [4.69, 9.17) is 0 Å². The second-order valence-electron chi connectivity index (χ2n) is 7.20. The Morgan fingerprint density at radius 3 is 2.29 bits per heavy atom. The van der Waals surface area contributed by atoms with Gasteiger partial charge in [-0.3, -0.25) is 0 Å². The third kappa shape index (κ3) is 3.52. The standard InChI is InChI=1S/C23H25N/c1-2-7-19(8-3-1)17-20-13-15-24(16-14-20)18-22-11-6-10-21-9-4-5-12-23(21)22/h1-12,20H,13-18H2/p+1. The summed E-state index contributed by atoms with van der Waals surface area (Å²) >= 11 is 0. The van der Waals surface area contributed by atoms with Gasteiger partial charge < -0.3 is 4.90 Å². The minimum atomic E-state index is 0.865. The third-order valence-corrected chi connectivity index (χ3v) is 5.50. The zero-order valence-electron chi connectivity index (χ0n) is 14.2. The molecule has 0 saturated carbocycles. The van der Waals surface area contributed by atoms with Gasteiger partial charge in [-0.05, 0) is 41.5 Å². The molecule has 3 aromatic rings. The molecular formula is C23H26N+. The predicted octanol–water partition coefficient (Wildman–Crippen LogP) is 3.88. The van der Waals surface area contributed by atoms with E-state index in [1.54, 1.807) is 4.90 Å². The van der Waals surface area contributed by atoms with Crippen molar-refractivity contribution in [3.05, 3.63) is 83.9 Å². The van der Waals surface area contributed by atoms with Crippen LogP contribution >= 0.6 is 0 Å². The molecule has 0 spiro atoms. The van der Waals surface area contributed by atoms with Gasteiger partial charge in [0.15, 0.2) is 0 Å². The van der Waals surface area contributed by atoms with Crippen LogP contribution in [0.5, 0.6) is 0 Å². The van der Waals surface area contributed by atoms with Crippen molar-refractivity contribution in [3.63, 3.8) is 0 Å². The molecular weight excluding hydrogens is 290 g/mol. The van der Waals surface area contributed by atoms with Gasteiger partial charge in [0.25, 0.3) is 0 Å². The van der Waals surface area contributed by atoms with Crippen LogP contribution in [0, 0.1) is 5.92 Å². The molecule has 1 nitrogen and oxygen atoms in total. The summed E-state index contributed by atoms with van der Waals surface area (Å²) in [5.74, 6) is 0.865. The van der Waals surface area contributed by atoms with Crippen LogP contribution in [0.3, 0.4) is 0 Å². The first-order valence-electron chi connectivity index (χ1n) is 9.22. The SMILES string of the molecule is c1ccc(CC2CC[NH+](Cc3cccc4ccccc34)CC2)cc1. The van der Waals surface area contributed by atoms with E-state index in [2.05, 4.69) is 72.8 Å². The number of quaternary nitrogens is 1. The fourth-order valence-corrected chi connectivity index (χ4v) is 4.13. The van der Waals surface area contributed by atoms with Gasteiger partial charge in [-0.15, -0.1) is 0 Å². The fraction of sp³-hybridized carbons (Fsp3) is 0.304. The van der Waals surface area contributed by atoms with Crippen LogP contribution in [0.15, 0.2) is 72.8 Å². The van der Waals surface area contributed by atoms with Gasteiger partial charge in [-0.25, -0.2) is 0 Å². The second-order valence-corrected chi connectivity index (χ2v) is 7.20. The van der Waals surface area contributed by atoms with E-state index in [-0.39, 0.29) is 0 Å². The van der Waals surface area contributed by atoms with Crippen molar-refractivity contribution < 1.29 is 4.90 Å². The number of nitrogens with one attached hydrogen (secondary N) is 1. The Morgan fingerprint density at radius 2 is 1.46 bits per heavy atom. The fourth-order valence-electron chi connectivity index (χ4n) is 4.13. The molecule has 0 atom stereocenters. The zero-order chi connectivity index (χ0) is 16.2. The van der Waals surface area contributed by atoms with Gasteiger partial charge in [0, 0.05) is 5.56 Å². The number of likely N-dealkylation sites (tertiary alicyclic amines) is 1. The molecule has 0 bridgehead atoms. The lowest BCUT2D eigenvalue weighted by atomic mass is 9.90. The van der Waals surface area contributed by atoms with Crippen molar-refractivity contribution in [2.24, 2.45) is 5.92 Å². The van der Waals surface area contributed by atoms with Gasteiger partial charge in [-0.2, -0.15) is 0 Å². The topological polar surface area (TPSA) is 4.44 Å². The van der Waals surface area contributed by atoms with Gasteiger partial charge >= 0.3 is 0 Å². The van der Waals surface area contributed by atoms with Crippen LogP contribution in [0.2, 0.25) is 0 Å². The highest BCUT2D eigenvalue weighted by molar-refractivity contribution is 5.85. The molecule has 0 aliphatic carbocycles. The Bertz CT molecular complexity index is 780. The summed E-state index contributed by atoms with van der Waals surface area (Å²) in [4.78, 5) is 1.75. The summed E-state index contributed by atoms with van der Waals surface area (Å²) in [6.45, 7) is 3.78. The molecule has 1 heterocycles. The molecule has 4 rings (SSSR count). The molecule has 1 saturated heterocycles. The maximum atomic E-state index is 2.31. The molecule has 122 valence electrons. The summed E-state index contributed by atoms with van der Waals surface area (Å²) in [5.41, 5.74) is 3.00. The highest BCUT2D eigenvalue weighted by Gasteiger charge is 2.22. The van der Waals surface area contributed by atoms with E-state index in [1.165, 1.54) is 60.8 Å². The maximum Gasteiger partial charge on any atom is 0.103 e. The minimum Gasteiger partial charge on any atom is -0.331 e. The highest BCUT2D eigenvalue weighted by Crippen LogP contribution is 2.19. The van der Waals surface area contributed by atoms with E-state index in [1.807, 2.05) is 0 Å². The molecule has 1 aliphatic rings. The molecule has 0 amide bonds. The zero-order valence-corrected chi connectivity index (χ0v) is 14.2. The van der Waals surface area contributed by atoms with Crippen molar-refractivity contribution in [2.75, 3.05) is 13.1 Å². The Hall–Kier alpha value is -2.12. The summed E-state index contributed by atoms with van der Waals surface area (Å²) in [6.07, 6.45) is 3.96. The summed E-state index contributed by atoms with van der Waals surface area (Å²) in [7, 11) is 0. The van der Waals surface area contributed by atoms with Crippen LogP contribution < -0.4 is 4.90 Å². The molecule has 3 aromatic carbocycles. The number of benzene rings is 3. The average Bonchev–Trinajstić information content (AvgIpc) is 2.65. The van der Waals surface area contributed by atoms with Gasteiger partial charge in [0.1, 0.15) is 6.54 Å². The number of fused-ring (bicyclic) bond motifs is 1. The maximum absolute atomic E-state index is 2.31. The molecule has 0 radical (unpaired) electrons. The van der Waals surface area contributed by atoms with E-state index in [9.17, 15) is 0 Å². The van der Waals surface area contributed by atoms with Crippen molar-refractivity contribution >= 4 is 10.8 Å². The van der Waals surface area contributed by atoms with Crippen LogP contribution in [0.4, 0.5) is 0 Å². The summed E-state index contributed by atoms with van der Waals surface area (Å²) < 4.78 is 0. The smallest absolute Gasteiger partial charge is 0.103 e. The van der Waals surface area contributed by atoms with Crippen molar-refractivity contribution in [1.29, 1.82) is 0 Å². The average molecular weight is 316 g/mol. The van der Waals surface area contributed by atoms with Crippen LogP contribution in [-0.4, -0.2) is 13.1 Å². The Morgan fingerprint density at radius 1 is 0.750 bits per heavy atom. The molecule has 1 aliphatic heterocycles. The normalized spacial score (nSPS) is 21.0. The van der Waals surface area contributed by atoms with Gasteiger partial charge in [0.2, 0.25) is 0 Å². The predicted molar refractivity (Wildman–Crippen MR) is 101 cm³/mol. The molecule has 0 unspecified atom stereocenters. The van der Waals surface area contributed by atoms with Gasteiger partial charge in [0.05, 0.1) is 13.1 Å². The molecule has 1 heteroatoms. The highest BCUT2D eigenvalue weighted by atomic mass is 15.1. The minimum absolute atomic E-state index is 0.865. The van der Waals surface area contributed by atoms with E-state index >= 15 is 0 Å². The van der Waals surface area contributed by atoms with Crippen LogP contribution in [-0.2, 0) is 13.0 Å². The lowest BCUT2D eigenvalue weighted by molar-refractivity contribution is -0.919. The molecule has 1 fully saturated rings. The largest absolute Gasteiger partial charge is 0.331 e. The van der Waals surface area contributed by atoms with Crippen LogP contribution in [0.25, 0.3) is 10.8 Å². The monoisotopic (exact) mass is 316 g/mol. The number of piperidine rings is 1. The van der Waals surface area contributed by atoms with Crippen molar-refractivity contribution in [2.45, 2.75) is 25.8 Å². The quantitative estimate of drug-likeness (QED) is 0.745. The number of hydrogen-bond acceptors (Lipinski definition) is 0. The summed E-state index contributed by atoms with van der Waals surface area (Å²) in [6, 6.07) is 26.5. The Balaban J connectivity index is 1.38. The van der Waals surface area contributed by atoms with Crippen LogP contribution in [0.1, 0.15) is 24.0 Å². The van der Waals surface area contributed by atoms with E-state index < -0.39 is 0 Å². The Labute approximate surface area is 144 Å². The van der Waals surface area contributed by atoms with Crippen molar-refractivity contribution in [1.82, 2.24) is 0 Å². The molecule has 1 N–H and O–H groups in total. The molecule has 24 heavy (non-hydrogen) atoms. The lowest BCUT2D eigenvalue weighted by Gasteiger charge is -2.29.